The van der Waals surface area contributed by atoms with Gasteiger partial charge in [0, 0.05) is 25.2 Å². The maximum absolute atomic E-state index is 13.2. The molecule has 1 saturated heterocycles. The number of anilines is 1. The molecule has 5 rings (SSSR count). The van der Waals surface area contributed by atoms with Crippen LogP contribution in [0.5, 0.6) is 11.5 Å². The number of nitrogens with one attached hydrogen (secondary N) is 1. The highest BCUT2D eigenvalue weighted by atomic mass is 16.6. The topological polar surface area (TPSA) is 194 Å². The van der Waals surface area contributed by atoms with Gasteiger partial charge in [-0.25, -0.2) is 14.8 Å². The number of methoxy groups -OCH3 is 1. The quantitative estimate of drug-likeness (QED) is 0.124. The molecule has 3 heterocycles. The summed E-state index contributed by atoms with van der Waals surface area (Å²) in [6, 6.07) is 12.1. The van der Waals surface area contributed by atoms with Crippen molar-refractivity contribution in [3.05, 3.63) is 70.5 Å². The number of aromatic nitrogens is 5. The summed E-state index contributed by atoms with van der Waals surface area (Å²) in [4.78, 5) is 27.5. The molecule has 0 unspecified atom stereocenters. The molecule has 16 heteroatoms. The van der Waals surface area contributed by atoms with Crippen molar-refractivity contribution >= 4 is 23.9 Å². The third-order valence-corrected chi connectivity index (χ3v) is 6.87. The van der Waals surface area contributed by atoms with E-state index in [4.69, 9.17) is 29.3 Å². The van der Waals surface area contributed by atoms with Crippen LogP contribution >= 0.6 is 0 Å². The number of nitrogens with two attached hydrogens (primary N) is 1. The van der Waals surface area contributed by atoms with E-state index in [2.05, 4.69) is 36.1 Å². The lowest BCUT2D eigenvalue weighted by Gasteiger charge is -2.26. The number of nitrogen functional groups attached to an aromatic ring is 1. The van der Waals surface area contributed by atoms with Gasteiger partial charge in [-0.1, -0.05) is 19.1 Å². The summed E-state index contributed by atoms with van der Waals surface area (Å²) in [5, 5.41) is 19.7. The molecule has 4 aromatic rings. The zero-order valence-corrected chi connectivity index (χ0v) is 25.7. The standard InChI is InChI=1S/C30H35N9O7/c1-19(2)17-45-30(41)21-5-7-23(8-6-21)44-18-22-14-20(4-9-25(22)42-3)15-32-34-29(40)26-24(16-38-10-12-43-13-11-38)39(37-33-26)28-27(31)35-46-36-28/h4-9,14-15,19H,10-13,16-18H2,1-3H3,(H2,31,35)(H,34,40)/b32-15+. The van der Waals surface area contributed by atoms with Crippen LogP contribution in [0.1, 0.15) is 51.5 Å². The van der Waals surface area contributed by atoms with Gasteiger partial charge in [0.1, 0.15) is 18.1 Å². The van der Waals surface area contributed by atoms with Gasteiger partial charge in [0.15, 0.2) is 5.69 Å². The normalized spacial score (nSPS) is 13.7. The van der Waals surface area contributed by atoms with Gasteiger partial charge in [-0.15, -0.1) is 5.10 Å². The van der Waals surface area contributed by atoms with Gasteiger partial charge in [-0.3, -0.25) is 9.69 Å². The molecule has 242 valence electrons. The predicted octanol–water partition coefficient (Wildman–Crippen LogP) is 2.23. The number of ether oxygens (including phenoxy) is 4. The lowest BCUT2D eigenvalue weighted by molar-refractivity contribution is 0.0332. The number of nitrogens with zero attached hydrogens (tertiary/aromatic N) is 7. The zero-order valence-electron chi connectivity index (χ0n) is 25.7. The fourth-order valence-electron chi connectivity index (χ4n) is 4.48. The fourth-order valence-corrected chi connectivity index (χ4v) is 4.48. The number of rotatable bonds is 13. The van der Waals surface area contributed by atoms with Gasteiger partial charge in [0.25, 0.3) is 5.91 Å². The minimum Gasteiger partial charge on any atom is -0.496 e. The first kappa shape index (κ1) is 32.1. The average molecular weight is 634 g/mol. The van der Waals surface area contributed by atoms with Crippen LogP contribution in [0, 0.1) is 5.92 Å². The fraction of sp³-hybridized carbons (Fsp3) is 0.367. The predicted molar refractivity (Wildman–Crippen MR) is 164 cm³/mol. The van der Waals surface area contributed by atoms with Crippen molar-refractivity contribution in [2.24, 2.45) is 11.0 Å². The zero-order chi connectivity index (χ0) is 32.5. The highest BCUT2D eigenvalue weighted by Crippen LogP contribution is 2.23. The molecule has 2 aromatic heterocycles. The minimum absolute atomic E-state index is 0.0104. The number of hydrazone groups is 1. The molecule has 2 aromatic carbocycles. The summed E-state index contributed by atoms with van der Waals surface area (Å²) in [5.41, 5.74) is 10.8. The Kier molecular flexibility index (Phi) is 10.5. The third kappa shape index (κ3) is 8.02. The van der Waals surface area contributed by atoms with Crippen molar-refractivity contribution in [1.29, 1.82) is 0 Å². The summed E-state index contributed by atoms with van der Waals surface area (Å²) in [6.45, 7) is 7.29. The molecule has 46 heavy (non-hydrogen) atoms. The number of benzene rings is 2. The molecule has 0 radical (unpaired) electrons. The molecule has 0 saturated carbocycles. The average Bonchev–Trinajstić information content (AvgIpc) is 3.68. The molecule has 0 atom stereocenters. The van der Waals surface area contributed by atoms with E-state index in [0.29, 0.717) is 67.8 Å². The number of amides is 1. The highest BCUT2D eigenvalue weighted by Gasteiger charge is 2.26. The highest BCUT2D eigenvalue weighted by molar-refractivity contribution is 5.94. The molecular formula is C30H35N9O7. The Morgan fingerprint density at radius 1 is 1.13 bits per heavy atom. The van der Waals surface area contributed by atoms with Gasteiger partial charge >= 0.3 is 5.97 Å². The van der Waals surface area contributed by atoms with Crippen LogP contribution in [0.4, 0.5) is 5.82 Å². The first-order chi connectivity index (χ1) is 22.3. The maximum Gasteiger partial charge on any atom is 0.338 e. The second-order valence-electron chi connectivity index (χ2n) is 10.7. The second kappa shape index (κ2) is 15.1. The molecule has 16 nitrogen and oxygen atoms in total. The van der Waals surface area contributed by atoms with Crippen molar-refractivity contribution < 1.29 is 33.2 Å². The molecule has 3 N–H and O–H groups in total. The van der Waals surface area contributed by atoms with Crippen LogP contribution in [0.3, 0.4) is 0 Å². The second-order valence-corrected chi connectivity index (χ2v) is 10.7. The Morgan fingerprint density at radius 2 is 1.91 bits per heavy atom. The summed E-state index contributed by atoms with van der Waals surface area (Å²) >= 11 is 0. The molecule has 0 aliphatic carbocycles. The van der Waals surface area contributed by atoms with E-state index in [1.54, 1.807) is 43.5 Å². The number of carbonyl (C=O) groups excluding carboxylic acids is 2. The van der Waals surface area contributed by atoms with Crippen LogP contribution in [-0.2, 0) is 22.6 Å². The number of esters is 1. The van der Waals surface area contributed by atoms with E-state index in [1.165, 1.54) is 10.9 Å². The third-order valence-electron chi connectivity index (χ3n) is 6.87. The van der Waals surface area contributed by atoms with Gasteiger partial charge in [-0.05, 0) is 64.3 Å². The summed E-state index contributed by atoms with van der Waals surface area (Å²) in [6.07, 6.45) is 1.49. The Hall–Kier alpha value is -5.35. The van der Waals surface area contributed by atoms with Crippen LogP contribution < -0.4 is 20.6 Å². The number of morpholine rings is 1. The molecule has 1 aliphatic heterocycles. The van der Waals surface area contributed by atoms with Gasteiger partial charge in [0.05, 0.1) is 44.4 Å². The molecule has 1 amide bonds. The van der Waals surface area contributed by atoms with Crippen LogP contribution in [-0.4, -0.2) is 88.3 Å². The Balaban J connectivity index is 1.24. The smallest absolute Gasteiger partial charge is 0.338 e. The summed E-state index contributed by atoms with van der Waals surface area (Å²) in [5.74, 6) is 0.620. The minimum atomic E-state index is -0.575. The largest absolute Gasteiger partial charge is 0.496 e. The monoisotopic (exact) mass is 633 g/mol. The molecule has 0 bridgehead atoms. The van der Waals surface area contributed by atoms with E-state index < -0.39 is 5.91 Å². The van der Waals surface area contributed by atoms with Crippen molar-refractivity contribution in [3.8, 4) is 17.3 Å². The van der Waals surface area contributed by atoms with Gasteiger partial charge in [0.2, 0.25) is 11.6 Å². The Bertz CT molecular complexity index is 1660. The lowest BCUT2D eigenvalue weighted by atomic mass is 10.1. The number of carbonyl (C=O) groups is 2. The molecule has 0 spiro atoms. The van der Waals surface area contributed by atoms with Crippen LogP contribution in [0.25, 0.3) is 5.82 Å². The molecular weight excluding hydrogens is 598 g/mol. The van der Waals surface area contributed by atoms with E-state index >= 15 is 0 Å². The van der Waals surface area contributed by atoms with E-state index in [-0.39, 0.29) is 35.8 Å². The van der Waals surface area contributed by atoms with Crippen LogP contribution in [0.2, 0.25) is 0 Å². The first-order valence-electron chi connectivity index (χ1n) is 14.6. The Labute approximate surface area is 264 Å². The first-order valence-corrected chi connectivity index (χ1v) is 14.6. The van der Waals surface area contributed by atoms with E-state index in [9.17, 15) is 9.59 Å². The molecule has 1 fully saturated rings. The summed E-state index contributed by atoms with van der Waals surface area (Å²) in [7, 11) is 1.56. The van der Waals surface area contributed by atoms with Crippen LogP contribution in [0.15, 0.2) is 52.2 Å². The lowest BCUT2D eigenvalue weighted by Crippen LogP contribution is -2.37. The SMILES string of the molecule is COc1ccc(/C=N/NC(=O)c2nnn(-c3nonc3N)c2CN2CCOCC2)cc1COc1ccc(C(=O)OCC(C)C)cc1. The number of hydrogen-bond donors (Lipinski definition) is 2. The van der Waals surface area contributed by atoms with Crippen molar-refractivity contribution in [2.45, 2.75) is 27.0 Å². The van der Waals surface area contributed by atoms with Crippen molar-refractivity contribution in [1.82, 2.24) is 35.6 Å². The van der Waals surface area contributed by atoms with E-state index in [0.717, 1.165) is 5.56 Å². The van der Waals surface area contributed by atoms with Gasteiger partial charge in [-0.2, -0.15) is 9.78 Å². The van der Waals surface area contributed by atoms with Crippen molar-refractivity contribution in [3.63, 3.8) is 0 Å². The number of hydrogen-bond acceptors (Lipinski definition) is 14. The summed E-state index contributed by atoms with van der Waals surface area (Å²) < 4.78 is 28.2. The Morgan fingerprint density at radius 3 is 2.61 bits per heavy atom. The van der Waals surface area contributed by atoms with E-state index in [1.807, 2.05) is 19.9 Å². The maximum atomic E-state index is 13.2. The van der Waals surface area contributed by atoms with Gasteiger partial charge < -0.3 is 24.7 Å². The molecule has 1 aliphatic rings. The van der Waals surface area contributed by atoms with Crippen molar-refractivity contribution in [2.75, 3.05) is 45.8 Å².